The van der Waals surface area contributed by atoms with Crippen LogP contribution in [-0.2, 0) is 14.0 Å². The van der Waals surface area contributed by atoms with E-state index in [0.717, 1.165) is 19.3 Å². The van der Waals surface area contributed by atoms with E-state index in [4.69, 9.17) is 9.16 Å². The molecule has 0 atom stereocenters. The highest BCUT2D eigenvalue weighted by atomic mass is 28.4. The number of esters is 1. The van der Waals surface area contributed by atoms with E-state index in [1.807, 2.05) is 6.92 Å². The summed E-state index contributed by atoms with van der Waals surface area (Å²) in [5.74, 6) is -0.0917. The van der Waals surface area contributed by atoms with E-state index in [0.29, 0.717) is 13.0 Å². The summed E-state index contributed by atoms with van der Waals surface area (Å²) in [4.78, 5) is 11.4. The largest absolute Gasteiger partial charge is 0.466 e. The van der Waals surface area contributed by atoms with Gasteiger partial charge in [0.25, 0.3) is 0 Å². The van der Waals surface area contributed by atoms with Crippen LogP contribution in [0.2, 0.25) is 18.1 Å². The second-order valence-electron chi connectivity index (χ2n) is 6.41. The molecule has 1 aliphatic carbocycles. The minimum absolute atomic E-state index is 0.0134. The Hall–Kier alpha value is -0.353. The minimum atomic E-state index is -1.60. The molecule has 1 aliphatic rings. The number of rotatable bonds is 9. The molecule has 0 saturated heterocycles. The van der Waals surface area contributed by atoms with Crippen molar-refractivity contribution in [1.82, 2.24) is 0 Å². The van der Waals surface area contributed by atoms with Crippen LogP contribution in [0.25, 0.3) is 0 Å². The molecule has 1 fully saturated rings. The van der Waals surface area contributed by atoms with E-state index < -0.39 is 8.32 Å². The maximum atomic E-state index is 11.4. The van der Waals surface area contributed by atoms with Crippen molar-refractivity contribution in [3.8, 4) is 0 Å². The Labute approximate surface area is 131 Å². The molecule has 0 unspecified atom stereocenters. The highest BCUT2D eigenvalue weighted by Crippen LogP contribution is 2.39. The number of hydrogen-bond donors (Lipinski definition) is 0. The monoisotopic (exact) mass is 314 g/mol. The van der Waals surface area contributed by atoms with Gasteiger partial charge in [-0.3, -0.25) is 4.79 Å². The van der Waals surface area contributed by atoms with Crippen LogP contribution in [-0.4, -0.2) is 26.5 Å². The highest BCUT2D eigenvalue weighted by Gasteiger charge is 2.41. The summed E-state index contributed by atoms with van der Waals surface area (Å²) in [7, 11) is -1.60. The Morgan fingerprint density at radius 3 is 2.05 bits per heavy atom. The lowest BCUT2D eigenvalue weighted by molar-refractivity contribution is -0.144. The summed E-state index contributed by atoms with van der Waals surface area (Å²) in [6.07, 6.45) is 7.46. The Morgan fingerprint density at radius 1 is 1.00 bits per heavy atom. The lowest BCUT2D eigenvalue weighted by Crippen LogP contribution is -2.49. The molecule has 0 aromatic carbocycles. The van der Waals surface area contributed by atoms with E-state index in [-0.39, 0.29) is 11.6 Å². The summed E-state index contributed by atoms with van der Waals surface area (Å²) in [6.45, 7) is 9.22. The quantitative estimate of drug-likeness (QED) is 0.441. The molecule has 1 saturated carbocycles. The van der Waals surface area contributed by atoms with Gasteiger partial charge in [0.2, 0.25) is 0 Å². The molecule has 3 nitrogen and oxygen atoms in total. The summed E-state index contributed by atoms with van der Waals surface area (Å²) in [5, 5.41) is 0. The number of carbonyl (C=O) groups excluding carboxylic acids is 1. The van der Waals surface area contributed by atoms with Crippen LogP contribution in [0.5, 0.6) is 0 Å². The van der Waals surface area contributed by atoms with Gasteiger partial charge in [-0.2, -0.15) is 0 Å². The van der Waals surface area contributed by atoms with Gasteiger partial charge in [0, 0.05) is 12.8 Å². The first-order valence-corrected chi connectivity index (χ1v) is 11.4. The molecule has 124 valence electrons. The second-order valence-corrected chi connectivity index (χ2v) is 11.1. The maximum Gasteiger partial charge on any atom is 0.305 e. The lowest BCUT2D eigenvalue weighted by Gasteiger charge is -2.45. The average Bonchev–Trinajstić information content (AvgIpc) is 2.53. The van der Waals surface area contributed by atoms with E-state index in [9.17, 15) is 4.79 Å². The zero-order valence-electron chi connectivity index (χ0n) is 14.5. The van der Waals surface area contributed by atoms with Crippen LogP contribution < -0.4 is 0 Å². The lowest BCUT2D eigenvalue weighted by atomic mass is 9.83. The van der Waals surface area contributed by atoms with Gasteiger partial charge in [-0.15, -0.1) is 0 Å². The standard InChI is InChI=1S/C17H34O3Si/c1-5-16(18)19-15-14-17(12-10-9-11-13-17)20-21(6-2,7-3)8-4/h5-15H2,1-4H3. The zero-order chi connectivity index (χ0) is 15.8. The van der Waals surface area contributed by atoms with Crippen LogP contribution in [0.3, 0.4) is 0 Å². The fourth-order valence-electron chi connectivity index (χ4n) is 3.48. The van der Waals surface area contributed by atoms with Crippen LogP contribution in [0.1, 0.15) is 72.6 Å². The van der Waals surface area contributed by atoms with E-state index in [1.165, 1.54) is 37.4 Å². The first kappa shape index (κ1) is 18.7. The van der Waals surface area contributed by atoms with Gasteiger partial charge in [-0.1, -0.05) is 47.0 Å². The average molecular weight is 315 g/mol. The van der Waals surface area contributed by atoms with Gasteiger partial charge >= 0.3 is 5.97 Å². The van der Waals surface area contributed by atoms with Crippen LogP contribution >= 0.6 is 0 Å². The summed E-state index contributed by atoms with van der Waals surface area (Å²) >= 11 is 0. The Kier molecular flexibility index (Phi) is 7.96. The van der Waals surface area contributed by atoms with Crippen molar-refractivity contribution in [3.05, 3.63) is 0 Å². The third kappa shape index (κ3) is 5.40. The topological polar surface area (TPSA) is 35.5 Å². The summed E-state index contributed by atoms with van der Waals surface area (Å²) in [6, 6.07) is 3.57. The molecule has 0 aromatic heterocycles. The van der Waals surface area contributed by atoms with Gasteiger partial charge in [0.05, 0.1) is 12.2 Å². The highest BCUT2D eigenvalue weighted by molar-refractivity contribution is 6.73. The normalized spacial score (nSPS) is 18.5. The molecule has 4 heteroatoms. The second kappa shape index (κ2) is 8.94. The van der Waals surface area contributed by atoms with Gasteiger partial charge in [-0.05, 0) is 31.0 Å². The van der Waals surface area contributed by atoms with Crippen molar-refractivity contribution in [1.29, 1.82) is 0 Å². The molecule has 0 amide bonds. The van der Waals surface area contributed by atoms with Gasteiger partial charge < -0.3 is 9.16 Å². The number of hydrogen-bond acceptors (Lipinski definition) is 3. The Bertz CT molecular complexity index is 299. The number of ether oxygens (including phenoxy) is 1. The van der Waals surface area contributed by atoms with E-state index in [1.54, 1.807) is 0 Å². The molecular weight excluding hydrogens is 280 g/mol. The van der Waals surface area contributed by atoms with Crippen LogP contribution in [0, 0.1) is 0 Å². The third-order valence-electron chi connectivity index (χ3n) is 5.24. The van der Waals surface area contributed by atoms with Crippen molar-refractivity contribution in [3.63, 3.8) is 0 Å². The first-order valence-electron chi connectivity index (χ1n) is 8.91. The smallest absolute Gasteiger partial charge is 0.305 e. The Morgan fingerprint density at radius 2 is 1.57 bits per heavy atom. The molecule has 0 N–H and O–H groups in total. The van der Waals surface area contributed by atoms with Crippen molar-refractivity contribution < 1.29 is 14.0 Å². The predicted molar refractivity (Wildman–Crippen MR) is 90.0 cm³/mol. The molecule has 0 bridgehead atoms. The summed E-state index contributed by atoms with van der Waals surface area (Å²) < 4.78 is 12.2. The van der Waals surface area contributed by atoms with E-state index in [2.05, 4.69) is 20.8 Å². The molecule has 0 heterocycles. The predicted octanol–water partition coefficient (Wildman–Crippen LogP) is 5.05. The van der Waals surface area contributed by atoms with Crippen molar-refractivity contribution in [2.45, 2.75) is 96.4 Å². The van der Waals surface area contributed by atoms with Gasteiger partial charge in [0.1, 0.15) is 0 Å². The SMILES string of the molecule is CCC(=O)OCCC1(O[Si](CC)(CC)CC)CCCCC1. The Balaban J connectivity index is 2.71. The van der Waals surface area contributed by atoms with Crippen molar-refractivity contribution in [2.24, 2.45) is 0 Å². The fraction of sp³-hybridized carbons (Fsp3) is 0.941. The molecule has 1 rings (SSSR count). The van der Waals surface area contributed by atoms with E-state index >= 15 is 0 Å². The first-order chi connectivity index (χ1) is 10.1. The van der Waals surface area contributed by atoms with Crippen LogP contribution in [0.4, 0.5) is 0 Å². The zero-order valence-corrected chi connectivity index (χ0v) is 15.5. The molecule has 0 aromatic rings. The maximum absolute atomic E-state index is 11.4. The summed E-state index contributed by atoms with van der Waals surface area (Å²) in [5.41, 5.74) is -0.0134. The van der Waals surface area contributed by atoms with Crippen LogP contribution in [0.15, 0.2) is 0 Å². The number of carbonyl (C=O) groups is 1. The fourth-order valence-corrected chi connectivity index (χ4v) is 6.64. The third-order valence-corrected chi connectivity index (χ3v) is 9.97. The van der Waals surface area contributed by atoms with Crippen molar-refractivity contribution in [2.75, 3.05) is 6.61 Å². The molecular formula is C17H34O3Si. The van der Waals surface area contributed by atoms with Gasteiger partial charge in [0.15, 0.2) is 8.32 Å². The van der Waals surface area contributed by atoms with Gasteiger partial charge in [-0.25, -0.2) is 0 Å². The van der Waals surface area contributed by atoms with Crippen molar-refractivity contribution >= 4 is 14.3 Å². The molecule has 0 spiro atoms. The molecule has 21 heavy (non-hydrogen) atoms. The molecule has 0 aliphatic heterocycles. The molecule has 0 radical (unpaired) electrons. The minimum Gasteiger partial charge on any atom is -0.466 e.